The second-order valence-electron chi connectivity index (χ2n) is 6.93. The Morgan fingerprint density at radius 2 is 1.85 bits per heavy atom. The van der Waals surface area contributed by atoms with Crippen molar-refractivity contribution in [1.82, 2.24) is 15.1 Å². The van der Waals surface area contributed by atoms with Gasteiger partial charge in [-0.05, 0) is 25.7 Å². The SMILES string of the molecule is CN=C(NC1CCN(CC(F)(F)F)C1)N1CCC(OCCCOC)CC1.I. The second-order valence-corrected chi connectivity index (χ2v) is 6.93. The van der Waals surface area contributed by atoms with E-state index in [0.29, 0.717) is 32.7 Å². The van der Waals surface area contributed by atoms with Gasteiger partial charge in [-0.3, -0.25) is 9.89 Å². The molecule has 160 valence electrons. The van der Waals surface area contributed by atoms with Crippen molar-refractivity contribution in [3.8, 4) is 0 Å². The monoisotopic (exact) mass is 508 g/mol. The Hall–Kier alpha value is -0.330. The molecule has 0 spiro atoms. The van der Waals surface area contributed by atoms with Gasteiger partial charge in [0.05, 0.1) is 12.6 Å². The van der Waals surface area contributed by atoms with Crippen LogP contribution in [0.2, 0.25) is 0 Å². The van der Waals surface area contributed by atoms with Crippen LogP contribution < -0.4 is 5.32 Å². The van der Waals surface area contributed by atoms with Crippen LogP contribution in [0, 0.1) is 0 Å². The van der Waals surface area contributed by atoms with Gasteiger partial charge < -0.3 is 19.7 Å². The van der Waals surface area contributed by atoms with Crippen LogP contribution in [0.1, 0.15) is 25.7 Å². The summed E-state index contributed by atoms with van der Waals surface area (Å²) >= 11 is 0. The largest absolute Gasteiger partial charge is 0.401 e. The maximum atomic E-state index is 12.5. The van der Waals surface area contributed by atoms with Crippen molar-refractivity contribution in [2.45, 2.75) is 44.0 Å². The molecule has 10 heteroatoms. The molecular weight excluding hydrogens is 476 g/mol. The molecule has 1 N–H and O–H groups in total. The standard InChI is InChI=1S/C17H31F3N4O2.HI/c1-21-16(22-14-4-7-23(12-14)13-17(18,19)20)24-8-5-15(6-9-24)26-11-3-10-25-2;/h14-15H,3-13H2,1-2H3,(H,21,22);1H. The van der Waals surface area contributed by atoms with E-state index in [-0.39, 0.29) is 36.1 Å². The molecule has 6 nitrogen and oxygen atoms in total. The summed E-state index contributed by atoms with van der Waals surface area (Å²) in [5.74, 6) is 0.779. The Kier molecular flexibility index (Phi) is 11.2. The Labute approximate surface area is 176 Å². The van der Waals surface area contributed by atoms with Crippen molar-refractivity contribution in [1.29, 1.82) is 0 Å². The highest BCUT2D eigenvalue weighted by Gasteiger charge is 2.35. The minimum Gasteiger partial charge on any atom is -0.385 e. The Morgan fingerprint density at radius 3 is 2.44 bits per heavy atom. The highest BCUT2D eigenvalue weighted by Crippen LogP contribution is 2.20. The zero-order valence-electron chi connectivity index (χ0n) is 16.1. The van der Waals surface area contributed by atoms with Gasteiger partial charge in [-0.15, -0.1) is 24.0 Å². The second kappa shape index (κ2) is 12.3. The summed E-state index contributed by atoms with van der Waals surface area (Å²) in [5.41, 5.74) is 0. The summed E-state index contributed by atoms with van der Waals surface area (Å²) in [6.45, 7) is 3.13. The zero-order chi connectivity index (χ0) is 19.0. The van der Waals surface area contributed by atoms with E-state index in [1.54, 1.807) is 14.2 Å². The number of ether oxygens (including phenoxy) is 2. The predicted molar refractivity (Wildman–Crippen MR) is 110 cm³/mol. The quantitative estimate of drug-likeness (QED) is 0.248. The fourth-order valence-corrected chi connectivity index (χ4v) is 3.51. The first kappa shape index (κ1) is 24.7. The number of aliphatic imine (C=N–C) groups is 1. The van der Waals surface area contributed by atoms with Gasteiger partial charge in [0, 0.05) is 59.6 Å². The summed E-state index contributed by atoms with van der Waals surface area (Å²) in [7, 11) is 3.40. The number of methoxy groups -OCH3 is 1. The third-order valence-corrected chi connectivity index (χ3v) is 4.81. The average Bonchev–Trinajstić information content (AvgIpc) is 3.02. The maximum Gasteiger partial charge on any atom is 0.401 e. The summed E-state index contributed by atoms with van der Waals surface area (Å²) in [6.07, 6.45) is -0.418. The minimum absolute atomic E-state index is 0. The fourth-order valence-electron chi connectivity index (χ4n) is 3.51. The number of piperidine rings is 1. The van der Waals surface area contributed by atoms with Gasteiger partial charge in [-0.2, -0.15) is 13.2 Å². The molecule has 0 saturated carbocycles. The molecule has 2 aliphatic heterocycles. The van der Waals surface area contributed by atoms with E-state index < -0.39 is 12.7 Å². The lowest BCUT2D eigenvalue weighted by atomic mass is 10.1. The zero-order valence-corrected chi connectivity index (χ0v) is 18.5. The van der Waals surface area contributed by atoms with E-state index >= 15 is 0 Å². The number of nitrogens with zero attached hydrogens (tertiary/aromatic N) is 3. The number of likely N-dealkylation sites (tertiary alicyclic amines) is 2. The summed E-state index contributed by atoms with van der Waals surface area (Å²) in [6, 6.07) is 0.0130. The first-order valence-electron chi connectivity index (χ1n) is 9.29. The molecule has 0 aliphatic carbocycles. The molecule has 0 aromatic rings. The van der Waals surface area contributed by atoms with Gasteiger partial charge in [-0.1, -0.05) is 0 Å². The molecule has 2 fully saturated rings. The van der Waals surface area contributed by atoms with Crippen LogP contribution >= 0.6 is 24.0 Å². The van der Waals surface area contributed by atoms with Gasteiger partial charge in [0.2, 0.25) is 0 Å². The number of rotatable bonds is 7. The van der Waals surface area contributed by atoms with Crippen molar-refractivity contribution >= 4 is 29.9 Å². The molecule has 0 aromatic heterocycles. The maximum absolute atomic E-state index is 12.5. The van der Waals surface area contributed by atoms with Gasteiger partial charge in [-0.25, -0.2) is 0 Å². The van der Waals surface area contributed by atoms with E-state index in [2.05, 4.69) is 15.2 Å². The van der Waals surface area contributed by atoms with Gasteiger partial charge in [0.25, 0.3) is 0 Å². The number of hydrogen-bond donors (Lipinski definition) is 1. The molecule has 2 heterocycles. The Balaban J connectivity index is 0.00000364. The smallest absolute Gasteiger partial charge is 0.385 e. The van der Waals surface area contributed by atoms with E-state index in [1.807, 2.05) is 0 Å². The summed E-state index contributed by atoms with van der Waals surface area (Å²) in [5, 5.41) is 3.34. The van der Waals surface area contributed by atoms with Crippen LogP contribution in [-0.4, -0.2) is 94.2 Å². The van der Waals surface area contributed by atoms with Crippen molar-refractivity contribution in [2.24, 2.45) is 4.99 Å². The normalized spacial score (nSPS) is 22.8. The number of alkyl halides is 3. The Bertz CT molecular complexity index is 446. The topological polar surface area (TPSA) is 49.3 Å². The van der Waals surface area contributed by atoms with Gasteiger partial charge in [0.1, 0.15) is 0 Å². The number of hydrogen-bond acceptors (Lipinski definition) is 4. The predicted octanol–water partition coefficient (Wildman–Crippen LogP) is 2.33. The first-order chi connectivity index (χ1) is 12.4. The van der Waals surface area contributed by atoms with Crippen molar-refractivity contribution in [3.05, 3.63) is 0 Å². The van der Waals surface area contributed by atoms with Gasteiger partial charge >= 0.3 is 6.18 Å². The number of halogens is 4. The molecule has 0 radical (unpaired) electrons. The lowest BCUT2D eigenvalue weighted by Crippen LogP contribution is -2.50. The van der Waals surface area contributed by atoms with Crippen LogP contribution in [0.25, 0.3) is 0 Å². The molecule has 1 unspecified atom stereocenters. The summed E-state index contributed by atoms with van der Waals surface area (Å²) < 4.78 is 48.4. The Morgan fingerprint density at radius 1 is 1.15 bits per heavy atom. The molecule has 2 aliphatic rings. The van der Waals surface area contributed by atoms with Crippen molar-refractivity contribution in [3.63, 3.8) is 0 Å². The number of nitrogens with one attached hydrogen (secondary N) is 1. The van der Waals surface area contributed by atoms with E-state index in [9.17, 15) is 13.2 Å². The molecule has 1 atom stereocenters. The van der Waals surface area contributed by atoms with E-state index in [1.165, 1.54) is 4.90 Å². The fraction of sp³-hybridized carbons (Fsp3) is 0.941. The average molecular weight is 508 g/mol. The van der Waals surface area contributed by atoms with Crippen LogP contribution in [-0.2, 0) is 9.47 Å². The molecular formula is C17H32F3IN4O2. The van der Waals surface area contributed by atoms with Gasteiger partial charge in [0.15, 0.2) is 5.96 Å². The van der Waals surface area contributed by atoms with Crippen molar-refractivity contribution < 1.29 is 22.6 Å². The van der Waals surface area contributed by atoms with E-state index in [0.717, 1.165) is 38.3 Å². The first-order valence-corrected chi connectivity index (χ1v) is 9.29. The third-order valence-electron chi connectivity index (χ3n) is 4.81. The molecule has 0 aromatic carbocycles. The lowest BCUT2D eigenvalue weighted by Gasteiger charge is -2.35. The third kappa shape index (κ3) is 9.14. The lowest BCUT2D eigenvalue weighted by molar-refractivity contribution is -0.143. The van der Waals surface area contributed by atoms with Crippen LogP contribution in [0.3, 0.4) is 0 Å². The van der Waals surface area contributed by atoms with Crippen LogP contribution in [0.4, 0.5) is 13.2 Å². The molecule has 0 amide bonds. The van der Waals surface area contributed by atoms with Crippen LogP contribution in [0.15, 0.2) is 4.99 Å². The molecule has 0 bridgehead atoms. The van der Waals surface area contributed by atoms with Crippen LogP contribution in [0.5, 0.6) is 0 Å². The van der Waals surface area contributed by atoms with Crippen molar-refractivity contribution in [2.75, 3.05) is 60.1 Å². The molecule has 2 rings (SSSR count). The molecule has 27 heavy (non-hydrogen) atoms. The van der Waals surface area contributed by atoms with E-state index in [4.69, 9.17) is 9.47 Å². The number of guanidine groups is 1. The highest BCUT2D eigenvalue weighted by molar-refractivity contribution is 14.0. The highest BCUT2D eigenvalue weighted by atomic mass is 127. The molecule has 2 saturated heterocycles. The summed E-state index contributed by atoms with van der Waals surface area (Å²) in [4.78, 5) is 7.94. The minimum atomic E-state index is -4.14.